The van der Waals surface area contributed by atoms with Crippen LogP contribution in [0.5, 0.6) is 0 Å². The maximum absolute atomic E-state index is 12.4. The zero-order valence-corrected chi connectivity index (χ0v) is 8.81. The highest BCUT2D eigenvalue weighted by atomic mass is 19.3. The molecule has 0 spiro atoms. The van der Waals surface area contributed by atoms with E-state index in [9.17, 15) is 13.9 Å². The van der Waals surface area contributed by atoms with Gasteiger partial charge in [0.05, 0.1) is 12.5 Å². The highest BCUT2D eigenvalue weighted by Gasteiger charge is 2.29. The van der Waals surface area contributed by atoms with Gasteiger partial charge in [-0.05, 0) is 12.0 Å². The van der Waals surface area contributed by atoms with Crippen molar-refractivity contribution in [2.75, 3.05) is 0 Å². The maximum Gasteiger partial charge on any atom is 0.302 e. The normalized spacial score (nSPS) is 15.8. The molecule has 5 heteroatoms. The van der Waals surface area contributed by atoms with Gasteiger partial charge in [0.2, 0.25) is 0 Å². The number of alkyl halides is 2. The molecule has 0 aromatic heterocycles. The first kappa shape index (κ1) is 13.0. The first-order valence-corrected chi connectivity index (χ1v) is 5.03. The fraction of sp³-hybridized carbons (Fsp3) is 0.455. The lowest BCUT2D eigenvalue weighted by Crippen LogP contribution is -2.43. The zero-order chi connectivity index (χ0) is 12.2. The smallest absolute Gasteiger partial charge is 0.302 e. The van der Waals surface area contributed by atoms with Crippen LogP contribution in [0.3, 0.4) is 0 Å². The largest absolute Gasteiger partial charge is 0.391 e. The molecule has 16 heavy (non-hydrogen) atoms. The summed E-state index contributed by atoms with van der Waals surface area (Å²) in [5.74, 6) is 0. The van der Waals surface area contributed by atoms with Crippen LogP contribution in [0.1, 0.15) is 12.0 Å². The molecule has 3 nitrogen and oxygen atoms in total. The van der Waals surface area contributed by atoms with Gasteiger partial charge in [-0.15, -0.1) is 0 Å². The van der Waals surface area contributed by atoms with E-state index in [0.29, 0.717) is 6.42 Å². The predicted octanol–water partition coefficient (Wildman–Crippen LogP) is 0.859. The molecule has 1 aromatic rings. The third kappa shape index (κ3) is 4.65. The van der Waals surface area contributed by atoms with Crippen LogP contribution in [0.4, 0.5) is 8.78 Å². The van der Waals surface area contributed by atoms with Gasteiger partial charge >= 0.3 is 6.05 Å². The Balaban J connectivity index is 2.49. The van der Waals surface area contributed by atoms with Crippen LogP contribution in [0.15, 0.2) is 30.3 Å². The molecule has 0 radical (unpaired) electrons. The molecule has 2 atom stereocenters. The van der Waals surface area contributed by atoms with Gasteiger partial charge in [0.25, 0.3) is 0 Å². The number of aliphatic hydroxyl groups is 1. The van der Waals surface area contributed by atoms with E-state index >= 15 is 0 Å². The molecule has 0 bridgehead atoms. The summed E-state index contributed by atoms with van der Waals surface area (Å²) in [6.45, 7) is 0. The maximum atomic E-state index is 12.4. The molecule has 0 aliphatic rings. The van der Waals surface area contributed by atoms with Gasteiger partial charge in [0.1, 0.15) is 0 Å². The Hall–Kier alpha value is -1.04. The SMILES string of the molecule is NC(Cc1ccccc1)C(O)CC(N)(F)F. The number of rotatable bonds is 5. The van der Waals surface area contributed by atoms with Crippen molar-refractivity contribution in [3.05, 3.63) is 35.9 Å². The molecule has 0 aliphatic carbocycles. The highest BCUT2D eigenvalue weighted by molar-refractivity contribution is 5.16. The number of hydrogen-bond acceptors (Lipinski definition) is 3. The second-order valence-corrected chi connectivity index (χ2v) is 3.89. The van der Waals surface area contributed by atoms with Gasteiger partial charge in [-0.2, -0.15) is 8.78 Å². The van der Waals surface area contributed by atoms with Gasteiger partial charge in [0.15, 0.2) is 0 Å². The zero-order valence-electron chi connectivity index (χ0n) is 8.81. The van der Waals surface area contributed by atoms with Crippen LogP contribution in [0, 0.1) is 0 Å². The number of benzene rings is 1. The van der Waals surface area contributed by atoms with E-state index in [4.69, 9.17) is 5.73 Å². The quantitative estimate of drug-likeness (QED) is 0.657. The Morgan fingerprint density at radius 3 is 2.31 bits per heavy atom. The van der Waals surface area contributed by atoms with Crippen LogP contribution < -0.4 is 11.5 Å². The number of nitrogens with two attached hydrogens (primary N) is 2. The molecule has 90 valence electrons. The average molecular weight is 230 g/mol. The molecular formula is C11H16F2N2O. The molecule has 5 N–H and O–H groups in total. The summed E-state index contributed by atoms with van der Waals surface area (Å²) in [6, 6.07) is 5.03. The predicted molar refractivity (Wildman–Crippen MR) is 57.9 cm³/mol. The van der Waals surface area contributed by atoms with E-state index in [2.05, 4.69) is 5.73 Å². The average Bonchev–Trinajstić information content (AvgIpc) is 2.16. The minimum absolute atomic E-state index is 0.345. The monoisotopic (exact) mass is 230 g/mol. The summed E-state index contributed by atoms with van der Waals surface area (Å²) in [5.41, 5.74) is 11.0. The van der Waals surface area contributed by atoms with Crippen molar-refractivity contribution in [2.45, 2.75) is 31.0 Å². The van der Waals surface area contributed by atoms with Gasteiger partial charge in [-0.1, -0.05) is 30.3 Å². The third-order valence-corrected chi connectivity index (χ3v) is 2.29. The second-order valence-electron chi connectivity index (χ2n) is 3.89. The van der Waals surface area contributed by atoms with Gasteiger partial charge in [0, 0.05) is 6.04 Å². The molecule has 0 saturated heterocycles. The summed E-state index contributed by atoms with van der Waals surface area (Å²) in [4.78, 5) is 0. The van der Waals surface area contributed by atoms with Crippen molar-refractivity contribution >= 4 is 0 Å². The molecule has 0 heterocycles. The molecule has 1 rings (SSSR count). The number of hydrogen-bond donors (Lipinski definition) is 3. The topological polar surface area (TPSA) is 72.3 Å². The fourth-order valence-electron chi connectivity index (χ4n) is 1.45. The van der Waals surface area contributed by atoms with E-state index < -0.39 is 24.6 Å². The minimum Gasteiger partial charge on any atom is -0.391 e. The summed E-state index contributed by atoms with van der Waals surface area (Å²) >= 11 is 0. The molecule has 0 aliphatic heterocycles. The van der Waals surface area contributed by atoms with Crippen LogP contribution >= 0.6 is 0 Å². The molecule has 0 fully saturated rings. The van der Waals surface area contributed by atoms with Crippen molar-refractivity contribution in [1.82, 2.24) is 0 Å². The van der Waals surface area contributed by atoms with Crippen molar-refractivity contribution in [2.24, 2.45) is 11.5 Å². The second kappa shape index (κ2) is 5.34. The fourth-order valence-corrected chi connectivity index (χ4v) is 1.45. The van der Waals surface area contributed by atoms with Crippen molar-refractivity contribution in [1.29, 1.82) is 0 Å². The first-order chi connectivity index (χ1) is 7.38. The Morgan fingerprint density at radius 2 is 1.81 bits per heavy atom. The van der Waals surface area contributed by atoms with Crippen molar-refractivity contribution < 1.29 is 13.9 Å². The van der Waals surface area contributed by atoms with E-state index in [-0.39, 0.29) is 0 Å². The van der Waals surface area contributed by atoms with E-state index in [1.165, 1.54) is 0 Å². The lowest BCUT2D eigenvalue weighted by atomic mass is 10.00. The minimum atomic E-state index is -3.38. The molecule has 2 unspecified atom stereocenters. The van der Waals surface area contributed by atoms with E-state index in [0.717, 1.165) is 5.56 Å². The molecule has 1 aromatic carbocycles. The Bertz CT molecular complexity index is 314. The van der Waals surface area contributed by atoms with Crippen LogP contribution in [0.25, 0.3) is 0 Å². The molecule has 0 saturated carbocycles. The first-order valence-electron chi connectivity index (χ1n) is 5.03. The van der Waals surface area contributed by atoms with Crippen LogP contribution in [0.2, 0.25) is 0 Å². The van der Waals surface area contributed by atoms with Gasteiger partial charge < -0.3 is 10.8 Å². The van der Waals surface area contributed by atoms with Gasteiger partial charge in [-0.25, -0.2) is 0 Å². The van der Waals surface area contributed by atoms with Crippen molar-refractivity contribution in [3.8, 4) is 0 Å². The summed E-state index contributed by atoms with van der Waals surface area (Å²) in [5, 5.41) is 9.43. The van der Waals surface area contributed by atoms with E-state index in [1.807, 2.05) is 30.3 Å². The summed E-state index contributed by atoms with van der Waals surface area (Å²) in [6.07, 6.45) is -1.78. The van der Waals surface area contributed by atoms with E-state index in [1.54, 1.807) is 0 Å². The molecule has 0 amide bonds. The summed E-state index contributed by atoms with van der Waals surface area (Å²) < 4.78 is 24.9. The lowest BCUT2D eigenvalue weighted by molar-refractivity contribution is -0.0440. The number of aliphatic hydroxyl groups excluding tert-OH is 1. The highest BCUT2D eigenvalue weighted by Crippen LogP contribution is 2.16. The van der Waals surface area contributed by atoms with Gasteiger partial charge in [-0.3, -0.25) is 5.73 Å². The Labute approximate surface area is 93.1 Å². The molecular weight excluding hydrogens is 214 g/mol. The van der Waals surface area contributed by atoms with Crippen LogP contribution in [-0.2, 0) is 6.42 Å². The Morgan fingerprint density at radius 1 is 1.25 bits per heavy atom. The Kier molecular flexibility index (Phi) is 4.35. The number of halogens is 2. The lowest BCUT2D eigenvalue weighted by Gasteiger charge is -2.21. The summed E-state index contributed by atoms with van der Waals surface area (Å²) in [7, 11) is 0. The standard InChI is InChI=1S/C11H16F2N2O/c12-11(13,15)7-10(16)9(14)6-8-4-2-1-3-5-8/h1-5,9-10,16H,6-7,14-15H2. The van der Waals surface area contributed by atoms with Crippen LogP contribution in [-0.4, -0.2) is 23.3 Å². The third-order valence-electron chi connectivity index (χ3n) is 2.29. The van der Waals surface area contributed by atoms with Crippen molar-refractivity contribution in [3.63, 3.8) is 0 Å².